The van der Waals surface area contributed by atoms with E-state index in [1.807, 2.05) is 24.3 Å². The molecular formula is C9H5BrClN. The van der Waals surface area contributed by atoms with Crippen LogP contribution in [0.2, 0.25) is 5.02 Å². The minimum Gasteiger partial charge on any atom is -0.247 e. The van der Waals surface area contributed by atoms with Crippen molar-refractivity contribution in [1.82, 2.24) is 4.98 Å². The Bertz CT molecular complexity index is 428. The number of pyridine rings is 1. The second kappa shape index (κ2) is 3.04. The van der Waals surface area contributed by atoms with E-state index in [2.05, 4.69) is 20.9 Å². The number of halogens is 2. The van der Waals surface area contributed by atoms with Gasteiger partial charge in [0, 0.05) is 17.0 Å². The number of hydrogen-bond donors (Lipinski definition) is 0. The Morgan fingerprint density at radius 3 is 2.83 bits per heavy atom. The fourth-order valence-electron chi connectivity index (χ4n) is 1.10. The Morgan fingerprint density at radius 2 is 2.00 bits per heavy atom. The summed E-state index contributed by atoms with van der Waals surface area (Å²) in [6.07, 6.45) is 1.80. The molecule has 0 atom stereocenters. The largest absolute Gasteiger partial charge is 0.247 e. The molecule has 0 fully saturated rings. The van der Waals surface area contributed by atoms with Crippen molar-refractivity contribution in [2.24, 2.45) is 0 Å². The third-order valence-corrected chi connectivity index (χ3v) is 2.91. The molecule has 60 valence electrons. The molecule has 0 saturated carbocycles. The van der Waals surface area contributed by atoms with Gasteiger partial charge in [0.2, 0.25) is 0 Å². The smallest absolute Gasteiger partial charge is 0.125 e. The summed E-state index contributed by atoms with van der Waals surface area (Å²) in [6, 6.07) is 7.89. The predicted octanol–water partition coefficient (Wildman–Crippen LogP) is 3.65. The maximum absolute atomic E-state index is 6.02. The Hall–Kier alpha value is -0.600. The average Bonchev–Trinajstić information content (AvgIpc) is 2.12. The highest BCUT2D eigenvalue weighted by molar-refractivity contribution is 9.10. The zero-order chi connectivity index (χ0) is 8.55. The van der Waals surface area contributed by atoms with Crippen LogP contribution < -0.4 is 0 Å². The summed E-state index contributed by atoms with van der Waals surface area (Å²) in [5.41, 5.74) is 0. The molecule has 1 aromatic heterocycles. The van der Waals surface area contributed by atoms with Gasteiger partial charge in [-0.2, -0.15) is 0 Å². The minimum atomic E-state index is 0.674. The molecule has 0 radical (unpaired) electrons. The zero-order valence-corrected chi connectivity index (χ0v) is 8.43. The van der Waals surface area contributed by atoms with Crippen molar-refractivity contribution in [1.29, 1.82) is 0 Å². The van der Waals surface area contributed by atoms with Gasteiger partial charge in [-0.25, -0.2) is 4.98 Å². The number of aromatic nitrogens is 1. The highest BCUT2D eigenvalue weighted by Gasteiger charge is 2.02. The predicted molar refractivity (Wildman–Crippen MR) is 54.5 cm³/mol. The van der Waals surface area contributed by atoms with E-state index in [9.17, 15) is 0 Å². The molecule has 0 spiro atoms. The van der Waals surface area contributed by atoms with E-state index in [0.717, 1.165) is 10.8 Å². The summed E-state index contributed by atoms with van der Waals surface area (Å²) in [6.45, 7) is 0. The molecule has 0 aliphatic rings. The SMILES string of the molecule is Clc1c(Br)ncc2ccccc12. The van der Waals surface area contributed by atoms with Gasteiger partial charge in [-0.15, -0.1) is 0 Å². The van der Waals surface area contributed by atoms with E-state index < -0.39 is 0 Å². The quantitative estimate of drug-likeness (QED) is 0.643. The maximum atomic E-state index is 6.02. The van der Waals surface area contributed by atoms with Crippen molar-refractivity contribution >= 4 is 38.3 Å². The summed E-state index contributed by atoms with van der Waals surface area (Å²) in [7, 11) is 0. The lowest BCUT2D eigenvalue weighted by molar-refractivity contribution is 1.31. The van der Waals surface area contributed by atoms with Crippen LogP contribution in [-0.2, 0) is 0 Å². The van der Waals surface area contributed by atoms with E-state index in [1.165, 1.54) is 0 Å². The van der Waals surface area contributed by atoms with E-state index in [-0.39, 0.29) is 0 Å². The molecule has 2 rings (SSSR count). The minimum absolute atomic E-state index is 0.674. The Morgan fingerprint density at radius 1 is 1.25 bits per heavy atom. The zero-order valence-electron chi connectivity index (χ0n) is 6.09. The summed E-state index contributed by atoms with van der Waals surface area (Å²) in [5.74, 6) is 0. The van der Waals surface area contributed by atoms with Gasteiger partial charge in [0.15, 0.2) is 0 Å². The lowest BCUT2D eigenvalue weighted by Gasteiger charge is -2.00. The van der Waals surface area contributed by atoms with Crippen LogP contribution in [0.1, 0.15) is 0 Å². The third-order valence-electron chi connectivity index (χ3n) is 1.70. The third kappa shape index (κ3) is 1.21. The first-order chi connectivity index (χ1) is 5.79. The van der Waals surface area contributed by atoms with E-state index >= 15 is 0 Å². The van der Waals surface area contributed by atoms with Crippen molar-refractivity contribution in [3.63, 3.8) is 0 Å². The average molecular weight is 243 g/mol. The van der Waals surface area contributed by atoms with Gasteiger partial charge in [-0.1, -0.05) is 35.9 Å². The molecule has 0 saturated heterocycles. The molecule has 0 unspecified atom stereocenters. The van der Waals surface area contributed by atoms with Gasteiger partial charge in [0.1, 0.15) is 4.60 Å². The second-order valence-electron chi connectivity index (χ2n) is 2.45. The molecule has 0 bridgehead atoms. The molecule has 3 heteroatoms. The van der Waals surface area contributed by atoms with Gasteiger partial charge in [0.05, 0.1) is 5.02 Å². The van der Waals surface area contributed by atoms with Crippen molar-refractivity contribution in [3.8, 4) is 0 Å². The van der Waals surface area contributed by atoms with Gasteiger partial charge < -0.3 is 0 Å². The molecule has 1 aromatic carbocycles. The first-order valence-electron chi connectivity index (χ1n) is 3.48. The monoisotopic (exact) mass is 241 g/mol. The number of nitrogens with zero attached hydrogens (tertiary/aromatic N) is 1. The topological polar surface area (TPSA) is 12.9 Å². The van der Waals surface area contributed by atoms with Gasteiger partial charge in [-0.05, 0) is 15.9 Å². The normalized spacial score (nSPS) is 10.5. The van der Waals surface area contributed by atoms with Gasteiger partial charge >= 0.3 is 0 Å². The molecule has 1 heterocycles. The van der Waals surface area contributed by atoms with Crippen LogP contribution in [0.25, 0.3) is 10.8 Å². The van der Waals surface area contributed by atoms with E-state index in [4.69, 9.17) is 11.6 Å². The molecule has 2 aromatic rings. The van der Waals surface area contributed by atoms with Gasteiger partial charge in [-0.3, -0.25) is 0 Å². The Kier molecular flexibility index (Phi) is 2.03. The van der Waals surface area contributed by atoms with Crippen LogP contribution in [0.3, 0.4) is 0 Å². The van der Waals surface area contributed by atoms with Crippen LogP contribution in [-0.4, -0.2) is 4.98 Å². The molecule has 12 heavy (non-hydrogen) atoms. The highest BCUT2D eigenvalue weighted by atomic mass is 79.9. The maximum Gasteiger partial charge on any atom is 0.125 e. The fraction of sp³-hybridized carbons (Fsp3) is 0. The van der Waals surface area contributed by atoms with Crippen LogP contribution in [0, 0.1) is 0 Å². The Labute approximate surface area is 83.5 Å². The van der Waals surface area contributed by atoms with Gasteiger partial charge in [0.25, 0.3) is 0 Å². The standard InChI is InChI=1S/C9H5BrClN/c10-9-8(11)7-4-2-1-3-6(7)5-12-9/h1-5H. The number of benzene rings is 1. The molecule has 1 nitrogen and oxygen atoms in total. The lowest BCUT2D eigenvalue weighted by Crippen LogP contribution is -1.79. The first-order valence-corrected chi connectivity index (χ1v) is 4.65. The highest BCUT2D eigenvalue weighted by Crippen LogP contribution is 2.28. The van der Waals surface area contributed by atoms with Crippen LogP contribution in [0.4, 0.5) is 0 Å². The summed E-state index contributed by atoms with van der Waals surface area (Å²) >= 11 is 9.29. The fourth-order valence-corrected chi connectivity index (χ4v) is 1.64. The first kappa shape index (κ1) is 8.02. The Balaban J connectivity index is 2.91. The summed E-state index contributed by atoms with van der Waals surface area (Å²) in [4.78, 5) is 4.09. The molecular weight excluding hydrogens is 237 g/mol. The molecule has 0 aliphatic carbocycles. The second-order valence-corrected chi connectivity index (χ2v) is 3.58. The summed E-state index contributed by atoms with van der Waals surface area (Å²) in [5, 5.41) is 2.76. The van der Waals surface area contributed by atoms with E-state index in [0.29, 0.717) is 9.63 Å². The van der Waals surface area contributed by atoms with Crippen molar-refractivity contribution in [3.05, 3.63) is 40.1 Å². The number of hydrogen-bond acceptors (Lipinski definition) is 1. The number of fused-ring (bicyclic) bond motifs is 1. The van der Waals surface area contributed by atoms with Crippen molar-refractivity contribution < 1.29 is 0 Å². The molecule has 0 N–H and O–H groups in total. The van der Waals surface area contributed by atoms with Crippen molar-refractivity contribution in [2.45, 2.75) is 0 Å². The molecule has 0 aliphatic heterocycles. The number of rotatable bonds is 0. The van der Waals surface area contributed by atoms with Crippen LogP contribution in [0.15, 0.2) is 35.1 Å². The molecule has 0 amide bonds. The summed E-state index contributed by atoms with van der Waals surface area (Å²) < 4.78 is 0.697. The van der Waals surface area contributed by atoms with Crippen LogP contribution in [0.5, 0.6) is 0 Å². The lowest BCUT2D eigenvalue weighted by atomic mass is 10.2. The van der Waals surface area contributed by atoms with Crippen LogP contribution >= 0.6 is 27.5 Å². The van der Waals surface area contributed by atoms with Crippen molar-refractivity contribution in [2.75, 3.05) is 0 Å². The van der Waals surface area contributed by atoms with E-state index in [1.54, 1.807) is 6.20 Å².